The smallest absolute Gasteiger partial charge is 0.149 e. The summed E-state index contributed by atoms with van der Waals surface area (Å²) in [5.41, 5.74) is 3.03. The molecule has 2 heterocycles. The lowest BCUT2D eigenvalue weighted by atomic mass is 9.96. The van der Waals surface area contributed by atoms with E-state index >= 15 is 0 Å². The molecule has 3 aromatic rings. The lowest BCUT2D eigenvalue weighted by molar-refractivity contribution is -0.111. The van der Waals surface area contributed by atoms with Crippen molar-refractivity contribution in [1.82, 2.24) is 9.97 Å². The molecule has 0 aliphatic carbocycles. The van der Waals surface area contributed by atoms with E-state index in [2.05, 4.69) is 14.9 Å². The third-order valence-corrected chi connectivity index (χ3v) is 5.56. The van der Waals surface area contributed by atoms with E-state index in [0.717, 1.165) is 42.4 Å². The van der Waals surface area contributed by atoms with Gasteiger partial charge < -0.3 is 9.69 Å². The topological polar surface area (TPSA) is 46.1 Å². The number of hydrogen-bond donors (Lipinski definition) is 0. The van der Waals surface area contributed by atoms with Gasteiger partial charge in [0.05, 0.1) is 5.39 Å². The number of rotatable bonds is 3. The summed E-state index contributed by atoms with van der Waals surface area (Å²) < 4.78 is 14.5. The number of fused-ring (bicyclic) bond motifs is 1. The molecule has 1 atom stereocenters. The zero-order valence-electron chi connectivity index (χ0n) is 15.0. The molecular formula is C21H19ClFN3O. The highest BCUT2D eigenvalue weighted by Gasteiger charge is 2.24. The Hall–Kier alpha value is -2.53. The van der Waals surface area contributed by atoms with Crippen LogP contribution in [0.4, 0.5) is 10.2 Å². The van der Waals surface area contributed by atoms with Crippen molar-refractivity contribution >= 4 is 34.6 Å². The van der Waals surface area contributed by atoms with Crippen molar-refractivity contribution in [2.24, 2.45) is 5.92 Å². The molecule has 2 aromatic carbocycles. The summed E-state index contributed by atoms with van der Waals surface area (Å²) in [6.45, 7) is 3.31. The van der Waals surface area contributed by atoms with Crippen molar-refractivity contribution in [3.63, 3.8) is 0 Å². The fourth-order valence-corrected chi connectivity index (χ4v) is 3.85. The number of nitrogens with zero attached hydrogens (tertiary/aromatic N) is 3. The molecule has 1 fully saturated rings. The van der Waals surface area contributed by atoms with Gasteiger partial charge in [0.2, 0.25) is 0 Å². The molecule has 0 saturated carbocycles. The molecule has 1 saturated heterocycles. The number of aromatic nitrogens is 2. The van der Waals surface area contributed by atoms with E-state index in [1.165, 1.54) is 12.4 Å². The fourth-order valence-electron chi connectivity index (χ4n) is 3.73. The molecule has 138 valence electrons. The quantitative estimate of drug-likeness (QED) is 0.609. The highest BCUT2D eigenvalue weighted by Crippen LogP contribution is 2.37. The highest BCUT2D eigenvalue weighted by molar-refractivity contribution is 6.31. The van der Waals surface area contributed by atoms with E-state index in [9.17, 15) is 9.18 Å². The largest absolute Gasteiger partial charge is 0.355 e. The number of hydrogen-bond acceptors (Lipinski definition) is 4. The van der Waals surface area contributed by atoms with Gasteiger partial charge in [-0.3, -0.25) is 0 Å². The number of halogens is 2. The van der Waals surface area contributed by atoms with Gasteiger partial charge in [-0.15, -0.1) is 0 Å². The van der Waals surface area contributed by atoms with Gasteiger partial charge in [0.25, 0.3) is 0 Å². The number of carbonyl (C=O) groups excluding carboxylic acids is 1. The Kier molecular flexibility index (Phi) is 4.79. The van der Waals surface area contributed by atoms with Crippen LogP contribution < -0.4 is 4.90 Å². The molecule has 0 N–H and O–H groups in total. The van der Waals surface area contributed by atoms with Crippen LogP contribution in [-0.4, -0.2) is 29.3 Å². The minimum Gasteiger partial charge on any atom is -0.355 e. The third-order valence-electron chi connectivity index (χ3n) is 5.14. The molecule has 4 nitrogen and oxygen atoms in total. The summed E-state index contributed by atoms with van der Waals surface area (Å²) >= 11 is 6.17. The van der Waals surface area contributed by atoms with Gasteiger partial charge in [0.15, 0.2) is 0 Å². The van der Waals surface area contributed by atoms with Gasteiger partial charge in [-0.05, 0) is 54.7 Å². The first-order valence-electron chi connectivity index (χ1n) is 8.98. The summed E-state index contributed by atoms with van der Waals surface area (Å²) in [5, 5.41) is 1.36. The molecule has 1 unspecified atom stereocenters. The molecule has 4 rings (SSSR count). The van der Waals surface area contributed by atoms with Crippen LogP contribution in [0, 0.1) is 18.7 Å². The molecule has 0 bridgehead atoms. The highest BCUT2D eigenvalue weighted by atomic mass is 35.5. The Bertz CT molecular complexity index is 1020. The van der Waals surface area contributed by atoms with Crippen LogP contribution in [0.25, 0.3) is 22.0 Å². The van der Waals surface area contributed by atoms with Gasteiger partial charge in [-0.1, -0.05) is 23.7 Å². The van der Waals surface area contributed by atoms with Crippen molar-refractivity contribution in [3.8, 4) is 11.1 Å². The molecule has 6 heteroatoms. The molecule has 27 heavy (non-hydrogen) atoms. The number of carbonyl (C=O) groups is 1. The molecule has 1 aromatic heterocycles. The first-order valence-corrected chi connectivity index (χ1v) is 9.36. The van der Waals surface area contributed by atoms with E-state index in [1.807, 2.05) is 25.1 Å². The Morgan fingerprint density at radius 3 is 2.89 bits per heavy atom. The van der Waals surface area contributed by atoms with Crippen molar-refractivity contribution < 1.29 is 9.18 Å². The summed E-state index contributed by atoms with van der Waals surface area (Å²) in [5.74, 6) is 0.263. The number of piperidine rings is 1. The zero-order valence-corrected chi connectivity index (χ0v) is 15.7. The summed E-state index contributed by atoms with van der Waals surface area (Å²) in [4.78, 5) is 22.0. The number of aldehydes is 1. The third kappa shape index (κ3) is 3.28. The minimum absolute atomic E-state index is 0.0291. The summed E-state index contributed by atoms with van der Waals surface area (Å²) in [6.07, 6.45) is 4.17. The zero-order chi connectivity index (χ0) is 19.0. The molecule has 1 aliphatic rings. The van der Waals surface area contributed by atoms with Crippen LogP contribution in [0.3, 0.4) is 0 Å². The number of aryl methyl sites for hydroxylation is 1. The Labute approximate surface area is 162 Å². The fraction of sp³-hybridized carbons (Fsp3) is 0.286. The van der Waals surface area contributed by atoms with Crippen molar-refractivity contribution in [1.29, 1.82) is 0 Å². The van der Waals surface area contributed by atoms with Gasteiger partial charge in [0, 0.05) is 24.0 Å². The predicted octanol–water partition coefficient (Wildman–Crippen LogP) is 4.81. The average Bonchev–Trinajstić information content (AvgIpc) is 2.70. The molecule has 0 amide bonds. The first kappa shape index (κ1) is 17.9. The normalized spacial score (nSPS) is 17.3. The van der Waals surface area contributed by atoms with Crippen LogP contribution in [0.15, 0.2) is 36.7 Å². The second kappa shape index (κ2) is 7.24. The Morgan fingerprint density at radius 2 is 2.11 bits per heavy atom. The van der Waals surface area contributed by atoms with Crippen LogP contribution in [0.2, 0.25) is 5.02 Å². The number of anilines is 1. The van der Waals surface area contributed by atoms with E-state index < -0.39 is 0 Å². The van der Waals surface area contributed by atoms with Crippen molar-refractivity contribution in [3.05, 3.63) is 53.1 Å². The molecule has 0 radical (unpaired) electrons. The standard InChI is InChI=1S/C21H19ClFN3O/c1-13-9-15(4-6-17(13)22)16-5-7-18(23)20-19(16)21(25-12-24-20)26-8-2-3-14(10-26)11-27/h4-7,9,11-12,14H,2-3,8,10H2,1H3. The van der Waals surface area contributed by atoms with Crippen molar-refractivity contribution in [2.75, 3.05) is 18.0 Å². The van der Waals surface area contributed by atoms with Crippen LogP contribution in [0.5, 0.6) is 0 Å². The summed E-state index contributed by atoms with van der Waals surface area (Å²) in [7, 11) is 0. The SMILES string of the molecule is Cc1cc(-c2ccc(F)c3ncnc(N4CCCC(C=O)C4)c23)ccc1Cl. The lowest BCUT2D eigenvalue weighted by Crippen LogP contribution is -2.36. The second-order valence-corrected chi connectivity index (χ2v) is 7.37. The van der Waals surface area contributed by atoms with Gasteiger partial charge in [-0.25, -0.2) is 14.4 Å². The molecule has 1 aliphatic heterocycles. The monoisotopic (exact) mass is 383 g/mol. The molecule has 0 spiro atoms. The number of benzene rings is 2. The first-order chi connectivity index (χ1) is 13.1. The second-order valence-electron chi connectivity index (χ2n) is 6.96. The average molecular weight is 384 g/mol. The van der Waals surface area contributed by atoms with E-state index in [-0.39, 0.29) is 11.7 Å². The summed E-state index contributed by atoms with van der Waals surface area (Å²) in [6, 6.07) is 8.94. The van der Waals surface area contributed by atoms with Crippen molar-refractivity contribution in [2.45, 2.75) is 19.8 Å². The lowest BCUT2D eigenvalue weighted by Gasteiger charge is -2.32. The van der Waals surface area contributed by atoms with E-state index in [1.54, 1.807) is 6.07 Å². The van der Waals surface area contributed by atoms with Gasteiger partial charge >= 0.3 is 0 Å². The van der Waals surface area contributed by atoms with Crippen LogP contribution in [0.1, 0.15) is 18.4 Å². The van der Waals surface area contributed by atoms with Gasteiger partial charge in [0.1, 0.15) is 29.8 Å². The Balaban J connectivity index is 1.93. The maximum absolute atomic E-state index is 14.5. The minimum atomic E-state index is -0.382. The van der Waals surface area contributed by atoms with Crippen LogP contribution in [-0.2, 0) is 4.79 Å². The van der Waals surface area contributed by atoms with E-state index in [0.29, 0.717) is 28.3 Å². The van der Waals surface area contributed by atoms with Crippen LogP contribution >= 0.6 is 11.6 Å². The predicted molar refractivity (Wildman–Crippen MR) is 106 cm³/mol. The maximum Gasteiger partial charge on any atom is 0.149 e. The Morgan fingerprint density at radius 1 is 1.26 bits per heavy atom. The molecular weight excluding hydrogens is 365 g/mol. The maximum atomic E-state index is 14.5. The van der Waals surface area contributed by atoms with E-state index in [4.69, 9.17) is 11.6 Å². The van der Waals surface area contributed by atoms with Gasteiger partial charge in [-0.2, -0.15) is 0 Å².